The molecule has 5 N–H and O–H groups in total. The molecule has 1 aliphatic heterocycles. The minimum atomic E-state index is -0.490. The summed E-state index contributed by atoms with van der Waals surface area (Å²) in [5, 5.41) is 0. The molecular weight excluding hydrogens is 360 g/mol. The van der Waals surface area contributed by atoms with E-state index in [1.807, 2.05) is 12.1 Å². The van der Waals surface area contributed by atoms with Crippen molar-refractivity contribution < 1.29 is 4.79 Å². The first-order chi connectivity index (χ1) is 13.6. The average Bonchev–Trinajstić information content (AvgIpc) is 3.30. The molecule has 0 radical (unpaired) electrons. The van der Waals surface area contributed by atoms with E-state index in [1.54, 1.807) is 18.3 Å². The maximum Gasteiger partial charge on any atom is 0.325 e. The predicted molar refractivity (Wildman–Crippen MR) is 106 cm³/mol. The summed E-state index contributed by atoms with van der Waals surface area (Å²) in [6.07, 6.45) is 1.69. The number of benzene rings is 1. The number of para-hydroxylation sites is 1. The lowest BCUT2D eigenvalue weighted by Crippen LogP contribution is -2.47. The molecule has 1 fully saturated rings. The molecular formula is C18H18N8O2. The number of hydrogen-bond acceptors (Lipinski definition) is 6. The van der Waals surface area contributed by atoms with Crippen molar-refractivity contribution >= 4 is 39.7 Å². The minimum absolute atomic E-state index is 0.263. The Bertz CT molecular complexity index is 1250. The Morgan fingerprint density at radius 2 is 1.82 bits per heavy atom. The summed E-state index contributed by atoms with van der Waals surface area (Å²) in [6.45, 7) is 2.99. The second-order valence-corrected chi connectivity index (χ2v) is 6.73. The molecule has 1 aliphatic rings. The van der Waals surface area contributed by atoms with Gasteiger partial charge in [-0.25, -0.2) is 14.8 Å². The van der Waals surface area contributed by atoms with Crippen molar-refractivity contribution in [2.24, 2.45) is 5.73 Å². The Balaban J connectivity index is 1.40. The van der Waals surface area contributed by atoms with Gasteiger partial charge in [-0.2, -0.15) is 0 Å². The molecule has 5 rings (SSSR count). The van der Waals surface area contributed by atoms with Crippen LogP contribution < -0.4 is 21.2 Å². The Kier molecular flexibility index (Phi) is 3.57. The average molecular weight is 378 g/mol. The van der Waals surface area contributed by atoms with Crippen molar-refractivity contribution in [3.63, 3.8) is 0 Å². The molecule has 142 valence electrons. The zero-order chi connectivity index (χ0) is 19.3. The van der Waals surface area contributed by atoms with Crippen molar-refractivity contribution in [1.29, 1.82) is 0 Å². The van der Waals surface area contributed by atoms with Gasteiger partial charge in [-0.1, -0.05) is 6.07 Å². The highest BCUT2D eigenvalue weighted by molar-refractivity contribution is 6.04. The number of aromatic nitrogens is 5. The Hall–Kier alpha value is -3.82. The molecule has 10 heteroatoms. The first kappa shape index (κ1) is 16.4. The van der Waals surface area contributed by atoms with E-state index in [0.29, 0.717) is 16.7 Å². The Morgan fingerprint density at radius 3 is 2.61 bits per heavy atom. The summed E-state index contributed by atoms with van der Waals surface area (Å²) in [7, 11) is 0. The van der Waals surface area contributed by atoms with Crippen molar-refractivity contribution in [2.45, 2.75) is 0 Å². The van der Waals surface area contributed by atoms with Crippen LogP contribution in [0.5, 0.6) is 0 Å². The van der Waals surface area contributed by atoms with Gasteiger partial charge in [0.2, 0.25) is 5.95 Å². The van der Waals surface area contributed by atoms with Crippen LogP contribution in [-0.2, 0) is 0 Å². The van der Waals surface area contributed by atoms with Gasteiger partial charge >= 0.3 is 5.69 Å². The van der Waals surface area contributed by atoms with Crippen molar-refractivity contribution in [3.05, 3.63) is 46.5 Å². The number of pyridine rings is 1. The molecule has 1 amide bonds. The number of anilines is 2. The first-order valence-corrected chi connectivity index (χ1v) is 8.95. The molecule has 10 nitrogen and oxygen atoms in total. The summed E-state index contributed by atoms with van der Waals surface area (Å²) in [5.74, 6) is 0.231. The number of carbonyl (C=O) groups excluding carboxylic acids is 1. The number of amides is 1. The fourth-order valence-electron chi connectivity index (χ4n) is 3.71. The number of primary amides is 1. The number of H-pyrrole nitrogens is 3. The van der Waals surface area contributed by atoms with Gasteiger partial charge in [0.15, 0.2) is 5.65 Å². The second-order valence-electron chi connectivity index (χ2n) is 6.73. The van der Waals surface area contributed by atoms with Gasteiger partial charge in [0.1, 0.15) is 11.0 Å². The van der Waals surface area contributed by atoms with Crippen LogP contribution in [0.15, 0.2) is 35.3 Å². The molecule has 1 aromatic carbocycles. The SMILES string of the molecule is NC(=O)c1cccc2[nH]c(N3CCN(c4ccnc5[nH]c(=O)[nH]c45)CC3)nc12. The van der Waals surface area contributed by atoms with Crippen LogP contribution in [0.2, 0.25) is 0 Å². The third-order valence-electron chi connectivity index (χ3n) is 5.08. The topological polar surface area (TPSA) is 140 Å². The van der Waals surface area contributed by atoms with E-state index >= 15 is 0 Å². The smallest absolute Gasteiger partial charge is 0.325 e. The summed E-state index contributed by atoms with van der Waals surface area (Å²) in [5.41, 5.74) is 9.20. The van der Waals surface area contributed by atoms with E-state index in [9.17, 15) is 9.59 Å². The highest BCUT2D eigenvalue weighted by Crippen LogP contribution is 2.25. The van der Waals surface area contributed by atoms with E-state index in [-0.39, 0.29) is 5.69 Å². The van der Waals surface area contributed by atoms with Gasteiger partial charge in [-0.15, -0.1) is 0 Å². The molecule has 0 saturated carbocycles. The van der Waals surface area contributed by atoms with Crippen LogP contribution in [0.4, 0.5) is 11.6 Å². The third kappa shape index (κ3) is 2.57. The fraction of sp³-hybridized carbons (Fsp3) is 0.222. The van der Waals surface area contributed by atoms with E-state index < -0.39 is 5.91 Å². The van der Waals surface area contributed by atoms with Gasteiger partial charge < -0.3 is 25.5 Å². The quantitative estimate of drug-likeness (QED) is 0.410. The Labute approximate surface area is 158 Å². The van der Waals surface area contributed by atoms with E-state index in [1.165, 1.54) is 0 Å². The molecule has 4 aromatic rings. The number of imidazole rings is 2. The molecule has 0 bridgehead atoms. The lowest BCUT2D eigenvalue weighted by atomic mass is 10.2. The van der Waals surface area contributed by atoms with Gasteiger partial charge in [-0.3, -0.25) is 9.78 Å². The summed E-state index contributed by atoms with van der Waals surface area (Å²) in [6, 6.07) is 7.25. The largest absolute Gasteiger partial charge is 0.366 e. The number of fused-ring (bicyclic) bond motifs is 2. The number of rotatable bonds is 3. The predicted octanol–water partition coefficient (Wildman–Crippen LogP) is 0.553. The number of aromatic amines is 3. The van der Waals surface area contributed by atoms with Crippen LogP contribution in [0.3, 0.4) is 0 Å². The molecule has 28 heavy (non-hydrogen) atoms. The van der Waals surface area contributed by atoms with Gasteiger partial charge in [0.25, 0.3) is 5.91 Å². The first-order valence-electron chi connectivity index (χ1n) is 8.95. The molecule has 3 aromatic heterocycles. The third-order valence-corrected chi connectivity index (χ3v) is 5.08. The summed E-state index contributed by atoms with van der Waals surface area (Å²) in [4.78, 5) is 45.1. The lowest BCUT2D eigenvalue weighted by molar-refractivity contribution is 0.100. The Morgan fingerprint density at radius 1 is 1.04 bits per heavy atom. The molecule has 1 saturated heterocycles. The summed E-state index contributed by atoms with van der Waals surface area (Å²) < 4.78 is 0. The van der Waals surface area contributed by atoms with Gasteiger partial charge in [0.05, 0.1) is 16.8 Å². The number of carbonyl (C=O) groups is 1. The van der Waals surface area contributed by atoms with E-state index in [0.717, 1.165) is 48.8 Å². The lowest BCUT2D eigenvalue weighted by Gasteiger charge is -2.36. The molecule has 0 aliphatic carbocycles. The standard InChI is InChI=1S/C18H18N8O2/c19-15(27)10-2-1-3-11-13(10)22-17(21-11)26-8-6-25(7-9-26)12-4-5-20-16-14(12)23-18(28)24-16/h1-5H,6-9H2,(H2,19,27)(H,21,22)(H2,20,23,24,28). The highest BCUT2D eigenvalue weighted by Gasteiger charge is 2.22. The van der Waals surface area contributed by atoms with Crippen LogP contribution >= 0.6 is 0 Å². The molecule has 4 heterocycles. The number of nitrogens with two attached hydrogens (primary N) is 1. The number of nitrogens with zero attached hydrogens (tertiary/aromatic N) is 4. The van der Waals surface area contributed by atoms with Crippen LogP contribution in [0.1, 0.15) is 10.4 Å². The zero-order valence-electron chi connectivity index (χ0n) is 14.9. The van der Waals surface area contributed by atoms with Crippen molar-refractivity contribution in [2.75, 3.05) is 36.0 Å². The number of hydrogen-bond donors (Lipinski definition) is 4. The van der Waals surface area contributed by atoms with E-state index in [2.05, 4.69) is 34.7 Å². The number of nitrogens with one attached hydrogen (secondary N) is 3. The van der Waals surface area contributed by atoms with Gasteiger partial charge in [-0.05, 0) is 18.2 Å². The molecule has 0 atom stereocenters. The van der Waals surface area contributed by atoms with Crippen LogP contribution in [-0.4, -0.2) is 57.0 Å². The molecule has 0 unspecified atom stereocenters. The fourth-order valence-corrected chi connectivity index (χ4v) is 3.71. The van der Waals surface area contributed by atoms with E-state index in [4.69, 9.17) is 5.73 Å². The maximum atomic E-state index is 11.6. The highest BCUT2D eigenvalue weighted by atomic mass is 16.1. The van der Waals surface area contributed by atoms with Crippen molar-refractivity contribution in [1.82, 2.24) is 24.9 Å². The second kappa shape index (κ2) is 6.12. The maximum absolute atomic E-state index is 11.6. The molecule has 0 spiro atoms. The normalized spacial score (nSPS) is 14.9. The van der Waals surface area contributed by atoms with Crippen molar-refractivity contribution in [3.8, 4) is 0 Å². The van der Waals surface area contributed by atoms with Crippen LogP contribution in [0, 0.1) is 0 Å². The number of piperazine rings is 1. The van der Waals surface area contributed by atoms with Gasteiger partial charge in [0, 0.05) is 32.4 Å². The van der Waals surface area contributed by atoms with Crippen LogP contribution in [0.25, 0.3) is 22.2 Å². The summed E-state index contributed by atoms with van der Waals surface area (Å²) >= 11 is 0. The monoisotopic (exact) mass is 378 g/mol. The minimum Gasteiger partial charge on any atom is -0.366 e. The zero-order valence-corrected chi connectivity index (χ0v) is 14.9.